The van der Waals surface area contributed by atoms with E-state index in [1.54, 1.807) is 0 Å². The van der Waals surface area contributed by atoms with E-state index in [1.807, 2.05) is 51.0 Å². The summed E-state index contributed by atoms with van der Waals surface area (Å²) in [7, 11) is 0. The van der Waals surface area contributed by atoms with Crippen molar-refractivity contribution < 1.29 is 4.74 Å². The fourth-order valence-corrected chi connectivity index (χ4v) is 1.66. The monoisotopic (exact) mass is 226 g/mol. The zero-order valence-electron chi connectivity index (χ0n) is 10.2. The molecular formula is C15H16NO. The fraction of sp³-hybridized carbons (Fsp3) is 0.200. The largest absolute Gasteiger partial charge is 0.494 e. The van der Waals surface area contributed by atoms with Crippen molar-refractivity contribution in [3.63, 3.8) is 0 Å². The predicted octanol–water partition coefficient (Wildman–Crippen LogP) is 3.58. The van der Waals surface area contributed by atoms with E-state index in [2.05, 4.69) is 17.8 Å². The van der Waals surface area contributed by atoms with Crippen molar-refractivity contribution in [1.82, 2.24) is 0 Å². The van der Waals surface area contributed by atoms with Gasteiger partial charge < -0.3 is 4.74 Å². The van der Waals surface area contributed by atoms with Gasteiger partial charge in [0.2, 0.25) is 0 Å². The van der Waals surface area contributed by atoms with Crippen LogP contribution in [0.4, 0.5) is 5.69 Å². The third-order valence-corrected chi connectivity index (χ3v) is 2.52. The number of aliphatic imine (C=N–C) groups is 1. The first kappa shape index (κ1) is 12.2. The molecule has 0 spiro atoms. The summed E-state index contributed by atoms with van der Waals surface area (Å²) in [5, 5.41) is 0. The first-order chi connectivity index (χ1) is 8.29. The quantitative estimate of drug-likeness (QED) is 0.719. The molecule has 1 aromatic rings. The van der Waals surface area contributed by atoms with Crippen molar-refractivity contribution in [3.05, 3.63) is 55.9 Å². The maximum absolute atomic E-state index is 5.39. The van der Waals surface area contributed by atoms with Crippen LogP contribution in [0.1, 0.15) is 13.8 Å². The maximum Gasteiger partial charge on any atom is 0.119 e. The molecule has 5 radical (unpaired) electrons. The lowest BCUT2D eigenvalue weighted by Gasteiger charge is -2.07. The van der Waals surface area contributed by atoms with Gasteiger partial charge in [0.1, 0.15) is 5.75 Å². The summed E-state index contributed by atoms with van der Waals surface area (Å²) in [6.07, 6.45) is 8.17. The van der Waals surface area contributed by atoms with Crippen molar-refractivity contribution in [2.24, 2.45) is 4.99 Å². The van der Waals surface area contributed by atoms with Crippen LogP contribution in [0, 0.1) is 31.6 Å². The van der Waals surface area contributed by atoms with Crippen LogP contribution in [0.3, 0.4) is 0 Å². The number of hydrogen-bond acceptors (Lipinski definition) is 2. The van der Waals surface area contributed by atoms with Crippen molar-refractivity contribution in [2.75, 3.05) is 6.61 Å². The minimum atomic E-state index is 0.690. The molecule has 1 saturated carbocycles. The molecule has 1 aliphatic rings. The molecule has 1 aromatic carbocycles. The summed E-state index contributed by atoms with van der Waals surface area (Å²) in [6.45, 7) is 4.69. The molecule has 1 aliphatic carbocycles. The van der Waals surface area contributed by atoms with Crippen LogP contribution in [0.2, 0.25) is 0 Å². The van der Waals surface area contributed by atoms with Crippen molar-refractivity contribution >= 4 is 11.4 Å². The molecular weight excluding hydrogens is 210 g/mol. The molecule has 2 nitrogen and oxygen atoms in total. The van der Waals surface area contributed by atoms with Crippen LogP contribution < -0.4 is 4.74 Å². The molecule has 0 atom stereocenters. The van der Waals surface area contributed by atoms with Gasteiger partial charge >= 0.3 is 0 Å². The number of benzene rings is 1. The van der Waals surface area contributed by atoms with Gasteiger partial charge in [0.25, 0.3) is 0 Å². The zero-order valence-corrected chi connectivity index (χ0v) is 10.2. The molecule has 2 heteroatoms. The fourth-order valence-electron chi connectivity index (χ4n) is 1.66. The van der Waals surface area contributed by atoms with Crippen LogP contribution in [0.15, 0.2) is 29.3 Å². The Morgan fingerprint density at radius 3 is 2.35 bits per heavy atom. The van der Waals surface area contributed by atoms with E-state index in [0.29, 0.717) is 6.61 Å². The molecule has 0 amide bonds. The predicted molar refractivity (Wildman–Crippen MR) is 70.8 cm³/mol. The highest BCUT2D eigenvalue weighted by Gasteiger charge is 2.19. The Morgan fingerprint density at radius 1 is 1.12 bits per heavy atom. The molecule has 0 saturated heterocycles. The summed E-state index contributed by atoms with van der Waals surface area (Å²) in [6, 6.07) is 7.83. The molecule has 87 valence electrons. The SMILES string of the molecule is CCOc1ccc(N=C(C)[C]2[CH][CH][CH][CH]2)cc1. The first-order valence-electron chi connectivity index (χ1n) is 5.80. The number of hydrogen-bond donors (Lipinski definition) is 0. The summed E-state index contributed by atoms with van der Waals surface area (Å²) in [4.78, 5) is 4.56. The van der Waals surface area contributed by atoms with Gasteiger partial charge in [0.05, 0.1) is 12.3 Å². The summed E-state index contributed by atoms with van der Waals surface area (Å²) >= 11 is 0. The minimum Gasteiger partial charge on any atom is -0.494 e. The van der Waals surface area contributed by atoms with Crippen molar-refractivity contribution in [3.8, 4) is 5.75 Å². The van der Waals surface area contributed by atoms with E-state index in [1.165, 1.54) is 5.92 Å². The third-order valence-electron chi connectivity index (χ3n) is 2.52. The highest BCUT2D eigenvalue weighted by atomic mass is 16.5. The van der Waals surface area contributed by atoms with Gasteiger partial charge in [-0.2, -0.15) is 0 Å². The Labute approximate surface area is 104 Å². The van der Waals surface area contributed by atoms with Gasteiger partial charge in [-0.05, 0) is 63.8 Å². The van der Waals surface area contributed by atoms with E-state index in [4.69, 9.17) is 4.74 Å². The normalized spacial score (nSPS) is 17.4. The van der Waals surface area contributed by atoms with Crippen LogP contribution in [-0.4, -0.2) is 12.3 Å². The molecule has 0 aliphatic heterocycles. The zero-order chi connectivity index (χ0) is 12.1. The lowest BCUT2D eigenvalue weighted by atomic mass is 10.0. The van der Waals surface area contributed by atoms with Crippen LogP contribution in [-0.2, 0) is 0 Å². The lowest BCUT2D eigenvalue weighted by molar-refractivity contribution is 0.340. The Bertz CT molecular complexity index is 374. The molecule has 17 heavy (non-hydrogen) atoms. The van der Waals surface area contributed by atoms with Crippen LogP contribution in [0.25, 0.3) is 0 Å². The highest BCUT2D eigenvalue weighted by Crippen LogP contribution is 2.26. The van der Waals surface area contributed by atoms with Gasteiger partial charge in [-0.25, -0.2) is 0 Å². The van der Waals surface area contributed by atoms with E-state index in [9.17, 15) is 0 Å². The standard InChI is InChI=1S/C15H16NO/c1-3-17-15-10-8-14(9-11-15)16-12(2)13-6-4-5-7-13/h4-11H,3H2,1-2H3. The number of rotatable bonds is 4. The van der Waals surface area contributed by atoms with Crippen LogP contribution >= 0.6 is 0 Å². The Kier molecular flexibility index (Phi) is 4.18. The summed E-state index contributed by atoms with van der Waals surface area (Å²) in [5.74, 6) is 2.05. The van der Waals surface area contributed by atoms with Gasteiger partial charge in [0, 0.05) is 11.6 Å². The van der Waals surface area contributed by atoms with E-state index < -0.39 is 0 Å². The average Bonchev–Trinajstić information content (AvgIpc) is 2.86. The third kappa shape index (κ3) is 3.32. The number of ether oxygens (including phenoxy) is 1. The van der Waals surface area contributed by atoms with Gasteiger partial charge in [-0.15, -0.1) is 0 Å². The average molecular weight is 226 g/mol. The number of nitrogens with zero attached hydrogens (tertiary/aromatic N) is 1. The second-order valence-electron chi connectivity index (χ2n) is 3.80. The summed E-state index contributed by atoms with van der Waals surface area (Å²) < 4.78 is 5.39. The Hall–Kier alpha value is -1.31. The molecule has 0 heterocycles. The first-order valence-corrected chi connectivity index (χ1v) is 5.80. The molecule has 0 bridgehead atoms. The molecule has 0 aromatic heterocycles. The molecule has 2 rings (SSSR count). The van der Waals surface area contributed by atoms with Gasteiger partial charge in [-0.1, -0.05) is 0 Å². The van der Waals surface area contributed by atoms with Gasteiger partial charge in [-0.3, -0.25) is 4.99 Å². The minimum absolute atomic E-state index is 0.690. The Morgan fingerprint density at radius 2 is 1.76 bits per heavy atom. The molecule has 1 fully saturated rings. The van der Waals surface area contributed by atoms with Gasteiger partial charge in [0.15, 0.2) is 0 Å². The second kappa shape index (κ2) is 5.85. The second-order valence-corrected chi connectivity index (χ2v) is 3.80. The lowest BCUT2D eigenvalue weighted by Crippen LogP contribution is -2.04. The topological polar surface area (TPSA) is 21.6 Å². The maximum atomic E-state index is 5.39. The molecule has 0 N–H and O–H groups in total. The highest BCUT2D eigenvalue weighted by molar-refractivity contribution is 6.01. The van der Waals surface area contributed by atoms with E-state index in [0.717, 1.165) is 17.1 Å². The van der Waals surface area contributed by atoms with E-state index in [-0.39, 0.29) is 0 Å². The summed E-state index contributed by atoms with van der Waals surface area (Å²) in [5.41, 5.74) is 1.98. The Balaban J connectivity index is 2.04. The smallest absolute Gasteiger partial charge is 0.119 e. The van der Waals surface area contributed by atoms with Crippen molar-refractivity contribution in [1.29, 1.82) is 0 Å². The van der Waals surface area contributed by atoms with Crippen molar-refractivity contribution in [2.45, 2.75) is 13.8 Å². The van der Waals surface area contributed by atoms with Crippen LogP contribution in [0.5, 0.6) is 5.75 Å². The molecule has 0 unspecified atom stereocenters. The van der Waals surface area contributed by atoms with E-state index >= 15 is 0 Å².